The van der Waals surface area contributed by atoms with Crippen molar-refractivity contribution >= 4 is 46.2 Å². The number of methoxy groups -OCH3 is 3. The molecule has 2 bridgehead atoms. The van der Waals surface area contributed by atoms with Gasteiger partial charge in [-0.1, -0.05) is 58.0 Å². The number of carboxylic acid groups (broad SMARTS) is 1. The number of carbonyl (C=O) groups is 6. The third-order valence-electron chi connectivity index (χ3n) is 16.1. The van der Waals surface area contributed by atoms with E-state index >= 15 is 4.39 Å². The molecule has 0 spiro atoms. The van der Waals surface area contributed by atoms with Gasteiger partial charge in [0.15, 0.2) is 0 Å². The molecule has 14 unspecified atom stereocenters. The molecule has 17 nitrogen and oxygen atoms in total. The summed E-state index contributed by atoms with van der Waals surface area (Å²) in [4.78, 5) is 87.4. The van der Waals surface area contributed by atoms with E-state index in [1.165, 1.54) is 19.1 Å². The SMILES string of the molecule is CCC1/C=C(\C)C(F)C(C)CC(OC)C2OC(O)(C(=O)C(=O)N3CCCCC3C(=O)OC(C(C)=CC3CCC(NC(=O)c4[nH]c5ccccc5c4C[C@H](N)C(=O)O)C(OC)C3)C(C)CCC1=O)C(C)CC2OC. The lowest BCUT2D eigenvalue weighted by molar-refractivity contribution is -0.302. The van der Waals surface area contributed by atoms with Crippen molar-refractivity contribution < 1.29 is 67.1 Å². The largest absolute Gasteiger partial charge is 0.480 e. The van der Waals surface area contributed by atoms with Crippen molar-refractivity contribution in [2.45, 2.75) is 179 Å². The molecule has 73 heavy (non-hydrogen) atoms. The zero-order valence-electron chi connectivity index (χ0n) is 44.0. The molecule has 18 heteroatoms. The van der Waals surface area contributed by atoms with Crippen molar-refractivity contribution in [2.75, 3.05) is 27.9 Å². The van der Waals surface area contributed by atoms with Gasteiger partial charge in [0.2, 0.25) is 5.79 Å². The van der Waals surface area contributed by atoms with Crippen LogP contribution in [-0.4, -0.2) is 144 Å². The molecule has 2 saturated heterocycles. The minimum Gasteiger partial charge on any atom is -0.480 e. The summed E-state index contributed by atoms with van der Waals surface area (Å²) in [5.74, 6) is -9.97. The summed E-state index contributed by atoms with van der Waals surface area (Å²) in [6, 6.07) is 4.46. The minimum absolute atomic E-state index is 0.0545. The molecular weight excluding hydrogens is 944 g/mol. The fourth-order valence-electron chi connectivity index (χ4n) is 11.6. The standard InChI is InChI=1S/C55H79FN4O13/c1-10-35-24-30(3)46(56)31(4)25-44(70-8)49-45(71-9)26-33(6)55(68,73-49)50(62)52(64)60-22-14-13-17-41(60)54(67)72-48(29(2)18-21-42(35)61)32(5)23-34-19-20-40(43(27-34)69-7)59-51(63)47-37(28-38(57)53(65)66)36-15-11-12-16-39(36)58-47/h11-12,15-16,23-24,29,31,33-35,38,40-41,43-46,48-49,58,68H,10,13-14,17-22,25-28,57H2,1-9H3,(H,59,63)(H,65,66)/b30-24+,32-23?/t29?,31?,33?,34?,35?,38-,40?,41?,43?,44?,45?,46?,48?,49?,55?/m0/s1. The van der Waals surface area contributed by atoms with E-state index in [1.807, 2.05) is 51.1 Å². The van der Waals surface area contributed by atoms with E-state index < -0.39 is 114 Å². The summed E-state index contributed by atoms with van der Waals surface area (Å²) >= 11 is 0. The molecule has 0 radical (unpaired) electrons. The number of carbonyl (C=O) groups excluding carboxylic acids is 5. The number of nitrogens with two attached hydrogens (primary N) is 1. The predicted octanol–water partition coefficient (Wildman–Crippen LogP) is 6.32. The van der Waals surface area contributed by atoms with Crippen LogP contribution in [-0.2, 0) is 54.1 Å². The van der Waals surface area contributed by atoms with E-state index in [4.69, 9.17) is 29.4 Å². The lowest BCUT2D eigenvalue weighted by Crippen LogP contribution is -2.64. The molecule has 6 N–H and O–H groups in total. The van der Waals surface area contributed by atoms with Gasteiger partial charge in [-0.25, -0.2) is 9.18 Å². The summed E-state index contributed by atoms with van der Waals surface area (Å²) in [6.07, 6.45) is 2.26. The number of Topliss-reactive ketones (excluding diaryl/α,β-unsaturated/α-hetero) is 2. The number of aromatic amines is 1. The van der Waals surface area contributed by atoms with Gasteiger partial charge in [0.05, 0.1) is 24.4 Å². The van der Waals surface area contributed by atoms with Gasteiger partial charge in [-0.2, -0.15) is 0 Å². The molecule has 1 aromatic heterocycles. The number of hydrogen-bond acceptors (Lipinski definition) is 13. The van der Waals surface area contributed by atoms with E-state index in [9.17, 15) is 39.0 Å². The summed E-state index contributed by atoms with van der Waals surface area (Å²) in [5, 5.41) is 25.6. The lowest BCUT2D eigenvalue weighted by Gasteiger charge is -2.47. The van der Waals surface area contributed by atoms with Crippen LogP contribution in [0.3, 0.4) is 0 Å². The fourth-order valence-corrected chi connectivity index (χ4v) is 11.6. The Morgan fingerprint density at radius 2 is 1.66 bits per heavy atom. The number of benzene rings is 1. The average Bonchev–Trinajstić information content (AvgIpc) is 3.75. The Kier molecular flexibility index (Phi) is 19.8. The Hall–Kier alpha value is -4.85. The number of fused-ring (bicyclic) bond motifs is 4. The highest BCUT2D eigenvalue weighted by Gasteiger charge is 2.57. The van der Waals surface area contributed by atoms with Crippen molar-refractivity contribution in [3.8, 4) is 0 Å². The van der Waals surface area contributed by atoms with Crippen LogP contribution in [0.15, 0.2) is 47.6 Å². The molecule has 1 saturated carbocycles. The third kappa shape index (κ3) is 13.0. The van der Waals surface area contributed by atoms with Crippen molar-refractivity contribution in [3.05, 3.63) is 58.8 Å². The number of alkyl halides is 1. The number of hydrogen-bond donors (Lipinski definition) is 5. The van der Waals surface area contributed by atoms with Crippen LogP contribution in [0.4, 0.5) is 4.39 Å². The number of nitrogens with zero attached hydrogens (tertiary/aromatic N) is 1. The second-order valence-corrected chi connectivity index (χ2v) is 21.2. The van der Waals surface area contributed by atoms with E-state index in [2.05, 4.69) is 10.3 Å². The molecule has 4 heterocycles. The molecule has 2 aromatic rings. The van der Waals surface area contributed by atoms with E-state index in [0.29, 0.717) is 72.6 Å². The number of para-hydroxylation sites is 1. The smallest absolute Gasteiger partial charge is 0.329 e. The topological polar surface area (TPSA) is 246 Å². The number of aliphatic carboxylic acids is 1. The van der Waals surface area contributed by atoms with Crippen LogP contribution in [0.2, 0.25) is 0 Å². The fraction of sp³-hybridized carbons (Fsp3) is 0.673. The van der Waals surface area contributed by atoms with Crippen LogP contribution in [0, 0.1) is 29.6 Å². The first-order valence-corrected chi connectivity index (χ1v) is 26.1. The monoisotopic (exact) mass is 1020 g/mol. The van der Waals surface area contributed by atoms with Gasteiger partial charge < -0.3 is 54.8 Å². The second-order valence-electron chi connectivity index (χ2n) is 21.2. The number of allylic oxidation sites excluding steroid dienone is 3. The number of ketones is 2. The number of esters is 1. The van der Waals surface area contributed by atoms with Gasteiger partial charge in [0.1, 0.15) is 41.9 Å². The number of cyclic esters (lactones) is 1. The van der Waals surface area contributed by atoms with Crippen LogP contribution in [0.1, 0.15) is 128 Å². The predicted molar refractivity (Wildman–Crippen MR) is 270 cm³/mol. The third-order valence-corrected chi connectivity index (χ3v) is 16.1. The van der Waals surface area contributed by atoms with Gasteiger partial charge in [0.25, 0.3) is 17.6 Å². The number of piperidine rings is 1. The van der Waals surface area contributed by atoms with Crippen molar-refractivity contribution in [1.82, 2.24) is 15.2 Å². The van der Waals surface area contributed by atoms with Gasteiger partial charge in [-0.05, 0) is 119 Å². The number of halogens is 1. The number of ether oxygens (including phenoxy) is 5. The van der Waals surface area contributed by atoms with Gasteiger partial charge in [-0.15, -0.1) is 0 Å². The number of nitrogens with one attached hydrogen (secondary N) is 2. The number of aliphatic hydroxyl groups is 1. The zero-order valence-corrected chi connectivity index (χ0v) is 44.0. The minimum atomic E-state index is -2.62. The number of amides is 2. The highest BCUT2D eigenvalue weighted by atomic mass is 19.1. The molecule has 6 rings (SSSR count). The first kappa shape index (κ1) is 57.4. The number of rotatable bonds is 11. The van der Waals surface area contributed by atoms with Crippen LogP contribution >= 0.6 is 0 Å². The number of aromatic nitrogens is 1. The van der Waals surface area contributed by atoms with Crippen molar-refractivity contribution in [1.29, 1.82) is 0 Å². The Morgan fingerprint density at radius 1 is 0.973 bits per heavy atom. The Bertz CT molecular complexity index is 2370. The van der Waals surface area contributed by atoms with Crippen molar-refractivity contribution in [2.24, 2.45) is 35.3 Å². The van der Waals surface area contributed by atoms with Crippen LogP contribution < -0.4 is 11.1 Å². The first-order chi connectivity index (χ1) is 34.7. The molecule has 15 atom stereocenters. The molecule has 1 aromatic carbocycles. The number of carboxylic acids is 1. The second kappa shape index (κ2) is 25.1. The van der Waals surface area contributed by atoms with Crippen molar-refractivity contribution in [3.63, 3.8) is 0 Å². The van der Waals surface area contributed by atoms with Crippen LogP contribution in [0.25, 0.3) is 10.9 Å². The van der Waals surface area contributed by atoms with E-state index in [-0.39, 0.29) is 56.0 Å². The first-order valence-electron chi connectivity index (χ1n) is 26.1. The number of H-pyrrole nitrogens is 1. The molecule has 3 fully saturated rings. The van der Waals surface area contributed by atoms with E-state index in [1.54, 1.807) is 34.0 Å². The molecule has 404 valence electrons. The maximum Gasteiger partial charge on any atom is 0.329 e. The Labute approximate surface area is 428 Å². The van der Waals surface area contributed by atoms with Gasteiger partial charge >= 0.3 is 11.9 Å². The Morgan fingerprint density at radius 3 is 2.33 bits per heavy atom. The van der Waals surface area contributed by atoms with E-state index in [0.717, 1.165) is 0 Å². The summed E-state index contributed by atoms with van der Waals surface area (Å²) < 4.78 is 46.6. The summed E-state index contributed by atoms with van der Waals surface area (Å²) in [7, 11) is 4.46. The molecule has 4 aliphatic rings. The van der Waals surface area contributed by atoms with Gasteiger partial charge in [0, 0.05) is 63.5 Å². The lowest BCUT2D eigenvalue weighted by atomic mass is 9.81. The van der Waals surface area contributed by atoms with Crippen LogP contribution in [0.5, 0.6) is 0 Å². The quantitative estimate of drug-likeness (QED) is 0.0939. The highest BCUT2D eigenvalue weighted by molar-refractivity contribution is 6.39. The Balaban J connectivity index is 1.28. The zero-order chi connectivity index (χ0) is 53.5. The summed E-state index contributed by atoms with van der Waals surface area (Å²) in [6.45, 7) is 10.6. The summed E-state index contributed by atoms with van der Waals surface area (Å²) in [5.41, 5.74) is 8.45. The maximum atomic E-state index is 16.4. The highest BCUT2D eigenvalue weighted by Crippen LogP contribution is 2.40. The molecule has 1 aliphatic carbocycles. The molecule has 3 aliphatic heterocycles. The maximum absolute atomic E-state index is 16.4. The molecule has 2 amide bonds. The van der Waals surface area contributed by atoms with Gasteiger partial charge in [-0.3, -0.25) is 24.0 Å². The average molecular weight is 1020 g/mol. The normalized spacial score (nSPS) is 35.0. The molecular formula is C55H79FN4O13.